The van der Waals surface area contributed by atoms with Crippen molar-refractivity contribution < 1.29 is 14.4 Å². The number of aromatic nitrogens is 2. The van der Waals surface area contributed by atoms with E-state index in [1.807, 2.05) is 44.2 Å². The second kappa shape index (κ2) is 10.3. The minimum Gasteiger partial charge on any atom is -0.504 e. The average molecular weight is 479 g/mol. The molecule has 2 heterocycles. The summed E-state index contributed by atoms with van der Waals surface area (Å²) in [4.78, 5) is 6.83. The van der Waals surface area contributed by atoms with E-state index in [2.05, 4.69) is 22.3 Å². The van der Waals surface area contributed by atoms with Crippen molar-refractivity contribution in [2.24, 2.45) is 0 Å². The number of unbranched alkanes of at least 4 members (excludes halogenated alkanes) is 2. The van der Waals surface area contributed by atoms with Gasteiger partial charge in [-0.2, -0.15) is 4.98 Å². The Balaban J connectivity index is 1.78. The van der Waals surface area contributed by atoms with E-state index in [4.69, 9.17) is 26.5 Å². The second-order valence-corrected chi connectivity index (χ2v) is 8.85. The molecule has 4 rings (SSSR count). The highest BCUT2D eigenvalue weighted by molar-refractivity contribution is 7.80. The topological polar surface area (TPSA) is 83.7 Å². The zero-order valence-electron chi connectivity index (χ0n) is 20.0. The fourth-order valence-corrected chi connectivity index (χ4v) is 4.48. The minimum absolute atomic E-state index is 0.0565. The molecule has 0 bridgehead atoms. The number of hydrogen-bond acceptors (Lipinski definition) is 6. The number of benzene rings is 2. The summed E-state index contributed by atoms with van der Waals surface area (Å²) < 4.78 is 11.0. The first kappa shape index (κ1) is 23.8. The molecule has 0 aliphatic carbocycles. The number of nitrogens with zero attached hydrogens (tertiary/aromatic N) is 3. The predicted octanol–water partition coefficient (Wildman–Crippen LogP) is 5.61. The van der Waals surface area contributed by atoms with E-state index >= 15 is 0 Å². The van der Waals surface area contributed by atoms with E-state index in [1.165, 1.54) is 7.11 Å². The Hall–Kier alpha value is -3.39. The van der Waals surface area contributed by atoms with Gasteiger partial charge in [0.15, 0.2) is 16.6 Å². The normalized spacial score (nSPS) is 16.1. The van der Waals surface area contributed by atoms with E-state index in [-0.39, 0.29) is 11.8 Å². The van der Waals surface area contributed by atoms with E-state index in [0.717, 1.165) is 53.8 Å². The van der Waals surface area contributed by atoms with Crippen LogP contribution in [0.4, 0.5) is 0 Å². The summed E-state index contributed by atoms with van der Waals surface area (Å²) in [5.41, 5.74) is 4.66. The van der Waals surface area contributed by atoms with Crippen molar-refractivity contribution in [3.8, 4) is 22.9 Å². The highest BCUT2D eigenvalue weighted by Crippen LogP contribution is 2.39. The molecule has 1 aliphatic heterocycles. The number of hydrogen-bond donors (Lipinski definition) is 2. The Morgan fingerprint density at radius 3 is 2.59 bits per heavy atom. The largest absolute Gasteiger partial charge is 0.504 e. The van der Waals surface area contributed by atoms with Gasteiger partial charge < -0.3 is 24.6 Å². The molecule has 0 amide bonds. The third-order valence-corrected chi connectivity index (χ3v) is 6.42. The SMILES string of the molecule is CCCCCN1C(=S)NC(c2ccc(OC)c(O)c2)C(c2nc(-c3ccc(C)cc3)no2)=C1C. The van der Waals surface area contributed by atoms with Gasteiger partial charge in [0.25, 0.3) is 5.89 Å². The van der Waals surface area contributed by atoms with E-state index < -0.39 is 0 Å². The van der Waals surface area contributed by atoms with Crippen LogP contribution in [0.15, 0.2) is 52.7 Å². The molecule has 0 saturated heterocycles. The second-order valence-electron chi connectivity index (χ2n) is 8.46. The Morgan fingerprint density at radius 2 is 1.91 bits per heavy atom. The van der Waals surface area contributed by atoms with E-state index in [1.54, 1.807) is 12.1 Å². The molecule has 178 valence electrons. The number of allylic oxidation sites excluding steroid dienone is 1. The maximum absolute atomic E-state index is 10.4. The number of nitrogens with one attached hydrogen (secondary N) is 1. The minimum atomic E-state index is -0.363. The number of methoxy groups -OCH3 is 1. The highest BCUT2D eigenvalue weighted by Gasteiger charge is 2.34. The molecule has 7 nitrogen and oxygen atoms in total. The predicted molar refractivity (Wildman–Crippen MR) is 136 cm³/mol. The first-order chi connectivity index (χ1) is 16.4. The van der Waals surface area contributed by atoms with Gasteiger partial charge in [-0.05, 0) is 50.2 Å². The van der Waals surface area contributed by atoms with Crippen LogP contribution in [0.3, 0.4) is 0 Å². The lowest BCUT2D eigenvalue weighted by atomic mass is 9.94. The van der Waals surface area contributed by atoms with Crippen molar-refractivity contribution in [3.63, 3.8) is 0 Å². The zero-order valence-corrected chi connectivity index (χ0v) is 20.8. The van der Waals surface area contributed by atoms with Gasteiger partial charge in [0.1, 0.15) is 0 Å². The van der Waals surface area contributed by atoms with Crippen molar-refractivity contribution in [1.82, 2.24) is 20.4 Å². The molecule has 2 N–H and O–H groups in total. The van der Waals surface area contributed by atoms with Crippen LogP contribution in [0.25, 0.3) is 17.0 Å². The number of thiocarbonyl (C=S) groups is 1. The van der Waals surface area contributed by atoms with Crippen LogP contribution in [-0.4, -0.2) is 38.9 Å². The fourth-order valence-electron chi connectivity index (χ4n) is 4.14. The summed E-state index contributed by atoms with van der Waals surface area (Å²) >= 11 is 5.74. The zero-order chi connectivity index (χ0) is 24.2. The number of phenolic OH excluding ortho intramolecular Hbond substituents is 1. The highest BCUT2D eigenvalue weighted by atomic mass is 32.1. The summed E-state index contributed by atoms with van der Waals surface area (Å²) in [6, 6.07) is 13.0. The van der Waals surface area contributed by atoms with Gasteiger partial charge in [-0.1, -0.05) is 60.8 Å². The summed E-state index contributed by atoms with van der Waals surface area (Å²) in [6.45, 7) is 7.05. The lowest BCUT2D eigenvalue weighted by Crippen LogP contribution is -2.46. The van der Waals surface area contributed by atoms with Gasteiger partial charge in [-0.25, -0.2) is 0 Å². The van der Waals surface area contributed by atoms with Crippen molar-refractivity contribution in [2.45, 2.75) is 46.1 Å². The maximum Gasteiger partial charge on any atom is 0.258 e. The molecule has 1 unspecified atom stereocenters. The maximum atomic E-state index is 10.4. The van der Waals surface area contributed by atoms with Crippen molar-refractivity contribution in [2.75, 3.05) is 13.7 Å². The van der Waals surface area contributed by atoms with Gasteiger partial charge in [0, 0.05) is 17.8 Å². The average Bonchev–Trinajstić information content (AvgIpc) is 3.31. The monoisotopic (exact) mass is 478 g/mol. The Kier molecular flexibility index (Phi) is 7.17. The molecule has 0 spiro atoms. The van der Waals surface area contributed by atoms with E-state index in [9.17, 15) is 5.11 Å². The summed E-state index contributed by atoms with van der Waals surface area (Å²) in [5.74, 6) is 1.41. The molecule has 2 aromatic carbocycles. The molecule has 1 atom stereocenters. The van der Waals surface area contributed by atoms with Crippen molar-refractivity contribution in [3.05, 3.63) is 65.2 Å². The fraction of sp³-hybridized carbons (Fsp3) is 0.346. The molecule has 8 heteroatoms. The van der Waals surface area contributed by atoms with Crippen LogP contribution in [0.2, 0.25) is 0 Å². The van der Waals surface area contributed by atoms with E-state index in [0.29, 0.717) is 22.6 Å². The first-order valence-electron chi connectivity index (χ1n) is 11.5. The summed E-state index contributed by atoms with van der Waals surface area (Å²) in [7, 11) is 1.53. The quantitative estimate of drug-likeness (QED) is 0.319. The lowest BCUT2D eigenvalue weighted by molar-refractivity contribution is 0.372. The summed E-state index contributed by atoms with van der Waals surface area (Å²) in [6.07, 6.45) is 3.27. The Bertz CT molecular complexity index is 1200. The molecular weight excluding hydrogens is 448 g/mol. The lowest BCUT2D eigenvalue weighted by Gasteiger charge is -2.37. The molecule has 3 aromatic rings. The number of phenols is 1. The third-order valence-electron chi connectivity index (χ3n) is 6.08. The molecular formula is C26H30N4O3S. The number of rotatable bonds is 8. The Morgan fingerprint density at radius 1 is 1.15 bits per heavy atom. The van der Waals surface area contributed by atoms with Gasteiger partial charge in [-0.3, -0.25) is 0 Å². The standard InChI is InChI=1S/C26H30N4O3S/c1-5-6-7-14-30-17(3)22(25-28-24(29-33-25)18-10-8-16(2)9-11-18)23(27-26(30)34)19-12-13-21(32-4)20(31)15-19/h8-13,15,23,31H,5-7,14H2,1-4H3,(H,27,34). The van der Waals surface area contributed by atoms with Gasteiger partial charge in [0.2, 0.25) is 5.82 Å². The van der Waals surface area contributed by atoms with Gasteiger partial charge in [0.05, 0.1) is 18.7 Å². The van der Waals surface area contributed by atoms with Crippen molar-refractivity contribution >= 4 is 22.9 Å². The van der Waals surface area contributed by atoms with Crippen LogP contribution in [-0.2, 0) is 0 Å². The molecule has 1 aromatic heterocycles. The van der Waals surface area contributed by atoms with Crippen LogP contribution in [0.1, 0.15) is 56.2 Å². The molecule has 0 radical (unpaired) electrons. The molecule has 34 heavy (non-hydrogen) atoms. The smallest absolute Gasteiger partial charge is 0.258 e. The molecule has 0 saturated carbocycles. The molecule has 1 aliphatic rings. The number of ether oxygens (including phenoxy) is 1. The van der Waals surface area contributed by atoms with Gasteiger partial charge in [-0.15, -0.1) is 0 Å². The Labute approximate surface area is 205 Å². The number of aryl methyl sites for hydroxylation is 1. The number of aromatic hydroxyl groups is 1. The van der Waals surface area contributed by atoms with Crippen LogP contribution >= 0.6 is 12.2 Å². The summed E-state index contributed by atoms with van der Waals surface area (Å²) in [5, 5.41) is 18.7. The molecule has 0 fully saturated rings. The third kappa shape index (κ3) is 4.77. The van der Waals surface area contributed by atoms with Crippen LogP contribution in [0.5, 0.6) is 11.5 Å². The van der Waals surface area contributed by atoms with Crippen LogP contribution < -0.4 is 10.1 Å². The first-order valence-corrected chi connectivity index (χ1v) is 11.9. The van der Waals surface area contributed by atoms with Crippen molar-refractivity contribution in [1.29, 1.82) is 0 Å². The van der Waals surface area contributed by atoms with Crippen LogP contribution in [0, 0.1) is 6.92 Å². The van der Waals surface area contributed by atoms with Gasteiger partial charge >= 0.3 is 0 Å².